The molecule has 1 aliphatic carbocycles. The summed E-state index contributed by atoms with van der Waals surface area (Å²) in [6.45, 7) is 12.3. The topological polar surface area (TPSA) is 151 Å². The molecule has 3 heterocycles. The number of piperazine rings is 1. The van der Waals surface area contributed by atoms with E-state index in [1.54, 1.807) is 35.3 Å². The SMILES string of the molecule is CC1(C)C(NC(=O)c2ccc(N3CCN(CCNc4cccc5c4C(=O)N(c4ccc(C(F)(F)F)[nH]c4=O)C5=O)CC3)cc2)C(C)(C)C1Oc1ccc(C#N)c(Cl)c1. The van der Waals surface area contributed by atoms with E-state index in [1.807, 2.05) is 30.3 Å². The summed E-state index contributed by atoms with van der Waals surface area (Å²) in [5.74, 6) is -1.20. The lowest BCUT2D eigenvalue weighted by Crippen LogP contribution is -2.74. The maximum Gasteiger partial charge on any atom is 0.431 e. The monoisotopic (exact) mass is 815 g/mol. The molecule has 1 aromatic heterocycles. The van der Waals surface area contributed by atoms with Crippen LogP contribution in [0.25, 0.3) is 0 Å². The molecule has 7 rings (SSSR count). The van der Waals surface area contributed by atoms with Gasteiger partial charge in [0.1, 0.15) is 29.3 Å². The van der Waals surface area contributed by atoms with Gasteiger partial charge in [-0.3, -0.25) is 24.1 Å². The van der Waals surface area contributed by atoms with Gasteiger partial charge in [0.25, 0.3) is 23.3 Å². The van der Waals surface area contributed by atoms with Gasteiger partial charge < -0.3 is 25.3 Å². The molecule has 1 saturated carbocycles. The van der Waals surface area contributed by atoms with E-state index in [2.05, 4.69) is 48.1 Å². The van der Waals surface area contributed by atoms with Gasteiger partial charge in [0.15, 0.2) is 0 Å². The maximum atomic E-state index is 13.5. The molecule has 0 spiro atoms. The Morgan fingerprint density at radius 3 is 2.26 bits per heavy atom. The summed E-state index contributed by atoms with van der Waals surface area (Å²) >= 11 is 6.23. The summed E-state index contributed by atoms with van der Waals surface area (Å²) < 4.78 is 45.6. The predicted molar refractivity (Wildman–Crippen MR) is 213 cm³/mol. The van der Waals surface area contributed by atoms with Crippen LogP contribution in [-0.4, -0.2) is 79.0 Å². The van der Waals surface area contributed by atoms with Crippen LogP contribution in [0, 0.1) is 22.2 Å². The summed E-state index contributed by atoms with van der Waals surface area (Å²) in [4.78, 5) is 59.3. The number of benzene rings is 3. The van der Waals surface area contributed by atoms with Crippen molar-refractivity contribution in [1.82, 2.24) is 15.2 Å². The van der Waals surface area contributed by atoms with E-state index < -0.39 is 45.8 Å². The Kier molecular flexibility index (Phi) is 10.5. The second kappa shape index (κ2) is 15.1. The van der Waals surface area contributed by atoms with Crippen LogP contribution in [0.4, 0.5) is 30.2 Å². The molecule has 0 radical (unpaired) electrons. The molecule has 0 bridgehead atoms. The van der Waals surface area contributed by atoms with Crippen molar-refractivity contribution in [3.63, 3.8) is 0 Å². The highest BCUT2D eigenvalue weighted by Gasteiger charge is 2.64. The third kappa shape index (κ3) is 7.38. The van der Waals surface area contributed by atoms with Crippen molar-refractivity contribution >= 4 is 46.4 Å². The number of amides is 3. The minimum absolute atomic E-state index is 0.0487. The highest BCUT2D eigenvalue weighted by atomic mass is 35.5. The zero-order valence-electron chi connectivity index (χ0n) is 32.2. The number of aromatic amines is 1. The largest absolute Gasteiger partial charge is 0.489 e. The third-order valence-corrected chi connectivity index (χ3v) is 11.7. The average molecular weight is 816 g/mol. The first kappa shape index (κ1) is 40.4. The van der Waals surface area contributed by atoms with Gasteiger partial charge >= 0.3 is 6.18 Å². The molecule has 4 aromatic rings. The molecule has 3 amide bonds. The second-order valence-corrected chi connectivity index (χ2v) is 16.3. The molecular weight excluding hydrogens is 775 g/mol. The van der Waals surface area contributed by atoms with Gasteiger partial charge in [-0.2, -0.15) is 18.4 Å². The molecule has 16 heteroatoms. The summed E-state index contributed by atoms with van der Waals surface area (Å²) in [5, 5.41) is 16.0. The molecule has 1 saturated heterocycles. The molecule has 302 valence electrons. The number of ether oxygens (including phenoxy) is 1. The fourth-order valence-electron chi connectivity index (χ4n) is 8.67. The van der Waals surface area contributed by atoms with Crippen LogP contribution < -0.4 is 30.7 Å². The number of hydrogen-bond acceptors (Lipinski definition) is 9. The Bertz CT molecular complexity index is 2370. The fourth-order valence-corrected chi connectivity index (χ4v) is 8.88. The molecule has 3 aromatic carbocycles. The number of pyridine rings is 1. The van der Waals surface area contributed by atoms with Gasteiger partial charge in [-0.25, -0.2) is 4.90 Å². The van der Waals surface area contributed by atoms with Crippen LogP contribution in [0.15, 0.2) is 77.6 Å². The zero-order chi connectivity index (χ0) is 41.7. The molecule has 2 fully saturated rings. The summed E-state index contributed by atoms with van der Waals surface area (Å²) in [5.41, 5.74) is -1.37. The maximum absolute atomic E-state index is 13.5. The summed E-state index contributed by atoms with van der Waals surface area (Å²) in [7, 11) is 0. The molecule has 58 heavy (non-hydrogen) atoms. The van der Waals surface area contributed by atoms with Gasteiger partial charge in [-0.15, -0.1) is 0 Å². The Labute approximate surface area is 337 Å². The number of alkyl halides is 3. The van der Waals surface area contributed by atoms with E-state index in [9.17, 15) is 37.6 Å². The van der Waals surface area contributed by atoms with Crippen LogP contribution >= 0.6 is 11.6 Å². The van der Waals surface area contributed by atoms with E-state index >= 15 is 0 Å². The van der Waals surface area contributed by atoms with Crippen LogP contribution in [0.5, 0.6) is 5.75 Å². The van der Waals surface area contributed by atoms with Crippen molar-refractivity contribution in [2.45, 2.75) is 46.0 Å². The number of halogens is 4. The number of H-pyrrole nitrogens is 1. The van der Waals surface area contributed by atoms with Crippen molar-refractivity contribution < 1.29 is 32.3 Å². The van der Waals surface area contributed by atoms with Crippen LogP contribution in [0.2, 0.25) is 5.02 Å². The molecule has 3 N–H and O–H groups in total. The first-order valence-electron chi connectivity index (χ1n) is 18.7. The zero-order valence-corrected chi connectivity index (χ0v) is 32.9. The van der Waals surface area contributed by atoms with E-state index in [1.165, 1.54) is 6.07 Å². The van der Waals surface area contributed by atoms with Gasteiger partial charge in [0.2, 0.25) is 0 Å². The summed E-state index contributed by atoms with van der Waals surface area (Å²) in [6, 6.07) is 20.5. The lowest BCUT2D eigenvalue weighted by Gasteiger charge is -2.63. The van der Waals surface area contributed by atoms with Crippen LogP contribution in [0.1, 0.15) is 70.0 Å². The van der Waals surface area contributed by atoms with Crippen molar-refractivity contribution in [2.75, 3.05) is 54.4 Å². The number of carbonyl (C=O) groups excluding carboxylic acids is 3. The number of nitrogens with zero attached hydrogens (tertiary/aromatic N) is 4. The number of aromatic nitrogens is 1. The number of anilines is 3. The molecule has 2 aliphatic heterocycles. The molecular formula is C42H41ClF3N7O5. The molecule has 12 nitrogen and oxygen atoms in total. The number of nitriles is 1. The van der Waals surface area contributed by atoms with Crippen molar-refractivity contribution in [3.05, 3.63) is 116 Å². The fraction of sp³-hybridized carbons (Fsp3) is 0.357. The van der Waals surface area contributed by atoms with Gasteiger partial charge in [0.05, 0.1) is 21.7 Å². The predicted octanol–water partition coefficient (Wildman–Crippen LogP) is 6.57. The highest BCUT2D eigenvalue weighted by Crippen LogP contribution is 2.55. The summed E-state index contributed by atoms with van der Waals surface area (Å²) in [6.07, 6.45) is -5.01. The second-order valence-electron chi connectivity index (χ2n) is 15.9. The standard InChI is InChI=1S/C42H41ClF3N7O5/c1-40(2)38(41(3,4)39(40)58-27-13-10-25(23-47)29(43)22-27)50-34(54)24-8-11-26(12-9-24)52-20-18-51(19-21-52)17-16-48-30-7-5-6-28-33(30)37(57)53(36(28)56)31-14-15-32(42(44,45)46)49-35(31)55/h5-15,22,38-39,48H,16-21H2,1-4H3,(H,49,55)(H,50,54). The third-order valence-electron chi connectivity index (χ3n) is 11.4. The normalized spacial score (nSPS) is 19.9. The minimum Gasteiger partial charge on any atom is -0.489 e. The van der Waals surface area contributed by atoms with Gasteiger partial charge in [-0.1, -0.05) is 45.4 Å². The van der Waals surface area contributed by atoms with E-state index in [0.717, 1.165) is 37.9 Å². The first-order valence-corrected chi connectivity index (χ1v) is 19.1. The highest BCUT2D eigenvalue weighted by molar-refractivity contribution is 6.36. The van der Waals surface area contributed by atoms with Crippen molar-refractivity contribution in [2.24, 2.45) is 10.8 Å². The molecule has 0 unspecified atom stereocenters. The van der Waals surface area contributed by atoms with Gasteiger partial charge in [0, 0.05) is 79.1 Å². The Balaban J connectivity index is 0.899. The van der Waals surface area contributed by atoms with E-state index in [4.69, 9.17) is 16.3 Å². The molecule has 3 aliphatic rings. The number of imide groups is 1. The quantitative estimate of drug-likeness (QED) is 0.151. The number of fused-ring (bicyclic) bond motifs is 1. The van der Waals surface area contributed by atoms with Gasteiger partial charge in [-0.05, 0) is 60.7 Å². The van der Waals surface area contributed by atoms with Crippen molar-refractivity contribution in [1.29, 1.82) is 5.26 Å². The number of hydrogen-bond donors (Lipinski definition) is 3. The average Bonchev–Trinajstić information content (AvgIpc) is 3.44. The minimum atomic E-state index is -4.80. The van der Waals surface area contributed by atoms with E-state index in [0.29, 0.717) is 51.6 Å². The number of rotatable bonds is 10. The lowest BCUT2D eigenvalue weighted by atomic mass is 9.49. The number of carbonyl (C=O) groups is 3. The Hall–Kier alpha value is -5.85. The Morgan fingerprint density at radius 2 is 1.64 bits per heavy atom. The number of nitrogens with one attached hydrogen (secondary N) is 3. The van der Waals surface area contributed by atoms with Crippen molar-refractivity contribution in [3.8, 4) is 11.8 Å². The lowest BCUT2D eigenvalue weighted by molar-refractivity contribution is -0.164. The molecule has 0 atom stereocenters. The van der Waals surface area contributed by atoms with Crippen LogP contribution in [0.3, 0.4) is 0 Å². The first-order chi connectivity index (χ1) is 27.4. The van der Waals surface area contributed by atoms with E-state index in [-0.39, 0.29) is 29.2 Å². The van der Waals surface area contributed by atoms with Crippen LogP contribution in [-0.2, 0) is 6.18 Å². The Morgan fingerprint density at radius 1 is 0.948 bits per heavy atom. The smallest absolute Gasteiger partial charge is 0.431 e.